The third kappa shape index (κ3) is 2.57. The maximum atomic E-state index is 11.7. The van der Waals surface area contributed by atoms with E-state index in [-0.39, 0.29) is 5.91 Å². The van der Waals surface area contributed by atoms with Crippen molar-refractivity contribution in [3.63, 3.8) is 0 Å². The van der Waals surface area contributed by atoms with Crippen LogP contribution in [0.1, 0.15) is 32.6 Å². The number of nitrogens with one attached hydrogen (secondary N) is 1. The van der Waals surface area contributed by atoms with E-state index in [1.165, 1.54) is 25.7 Å². The predicted molar refractivity (Wildman–Crippen MR) is 65.1 cm³/mol. The molecule has 3 nitrogen and oxygen atoms in total. The number of likely N-dealkylation sites (N-methyl/N-ethyl adjacent to an activating group) is 1. The first-order valence-electron chi connectivity index (χ1n) is 6.50. The van der Waals surface area contributed by atoms with Crippen molar-refractivity contribution in [2.75, 3.05) is 20.6 Å². The van der Waals surface area contributed by atoms with Crippen LogP contribution in [-0.2, 0) is 4.79 Å². The van der Waals surface area contributed by atoms with Gasteiger partial charge in [-0.25, -0.2) is 0 Å². The van der Waals surface area contributed by atoms with Crippen molar-refractivity contribution >= 4 is 5.91 Å². The van der Waals surface area contributed by atoms with Gasteiger partial charge in [-0.1, -0.05) is 6.42 Å². The monoisotopic (exact) mass is 224 g/mol. The van der Waals surface area contributed by atoms with E-state index in [0.29, 0.717) is 12.6 Å². The zero-order valence-electron chi connectivity index (χ0n) is 10.7. The summed E-state index contributed by atoms with van der Waals surface area (Å²) in [4.78, 5) is 13.6. The molecule has 1 N–H and O–H groups in total. The van der Waals surface area contributed by atoms with Crippen LogP contribution in [0, 0.1) is 17.8 Å². The Morgan fingerprint density at radius 1 is 1.38 bits per heavy atom. The molecule has 1 amide bonds. The van der Waals surface area contributed by atoms with Gasteiger partial charge in [0.2, 0.25) is 5.91 Å². The number of hydrogen-bond donors (Lipinski definition) is 1. The molecule has 2 bridgehead atoms. The largest absolute Gasteiger partial charge is 0.352 e. The van der Waals surface area contributed by atoms with Crippen LogP contribution in [0.3, 0.4) is 0 Å². The minimum absolute atomic E-state index is 0.167. The normalized spacial score (nSPS) is 34.4. The Hall–Kier alpha value is -0.570. The number of fused-ring (bicyclic) bond motifs is 2. The second-order valence-electron chi connectivity index (χ2n) is 5.93. The number of carbonyl (C=O) groups is 1. The fourth-order valence-corrected chi connectivity index (χ4v) is 3.60. The summed E-state index contributed by atoms with van der Waals surface area (Å²) in [5.74, 6) is 2.76. The molecule has 4 atom stereocenters. The smallest absolute Gasteiger partial charge is 0.234 e. The van der Waals surface area contributed by atoms with Gasteiger partial charge in [-0.15, -0.1) is 0 Å². The van der Waals surface area contributed by atoms with Crippen LogP contribution < -0.4 is 5.32 Å². The van der Waals surface area contributed by atoms with Crippen molar-refractivity contribution in [1.29, 1.82) is 0 Å². The zero-order valence-corrected chi connectivity index (χ0v) is 10.7. The molecule has 0 spiro atoms. The molecular formula is C13H24N2O. The fourth-order valence-electron chi connectivity index (χ4n) is 3.60. The third-order valence-corrected chi connectivity index (χ3v) is 4.28. The van der Waals surface area contributed by atoms with E-state index in [9.17, 15) is 4.79 Å². The number of rotatable bonds is 4. The average molecular weight is 224 g/mol. The Balaban J connectivity index is 1.80. The first kappa shape index (κ1) is 11.9. The highest BCUT2D eigenvalue weighted by atomic mass is 16.2. The van der Waals surface area contributed by atoms with Gasteiger partial charge in [0.25, 0.3) is 0 Å². The molecule has 0 unspecified atom stereocenters. The molecule has 0 radical (unpaired) electrons. The van der Waals surface area contributed by atoms with Gasteiger partial charge in [-0.05, 0) is 58.0 Å². The van der Waals surface area contributed by atoms with E-state index < -0.39 is 0 Å². The van der Waals surface area contributed by atoms with E-state index in [1.54, 1.807) is 0 Å². The molecule has 16 heavy (non-hydrogen) atoms. The Labute approximate surface area is 98.6 Å². The van der Waals surface area contributed by atoms with Gasteiger partial charge in [0, 0.05) is 6.04 Å². The Bertz CT molecular complexity index is 265. The number of amides is 1. The predicted octanol–water partition coefficient (Wildman–Crippen LogP) is 1.49. The maximum absolute atomic E-state index is 11.7. The number of nitrogens with zero attached hydrogens (tertiary/aromatic N) is 1. The fraction of sp³-hybridized carbons (Fsp3) is 0.923. The highest BCUT2D eigenvalue weighted by Crippen LogP contribution is 2.49. The van der Waals surface area contributed by atoms with E-state index >= 15 is 0 Å². The van der Waals surface area contributed by atoms with Crippen molar-refractivity contribution in [2.45, 2.75) is 38.6 Å². The van der Waals surface area contributed by atoms with Crippen LogP contribution in [-0.4, -0.2) is 37.5 Å². The van der Waals surface area contributed by atoms with Gasteiger partial charge < -0.3 is 10.2 Å². The zero-order chi connectivity index (χ0) is 11.7. The number of carbonyl (C=O) groups excluding carboxylic acids is 1. The van der Waals surface area contributed by atoms with Gasteiger partial charge in [0.05, 0.1) is 6.54 Å². The highest BCUT2D eigenvalue weighted by Gasteiger charge is 2.42. The molecule has 0 saturated heterocycles. The lowest BCUT2D eigenvalue weighted by Gasteiger charge is -2.28. The molecule has 2 aliphatic rings. The molecule has 0 heterocycles. The highest BCUT2D eigenvalue weighted by molar-refractivity contribution is 5.78. The summed E-state index contributed by atoms with van der Waals surface area (Å²) < 4.78 is 0. The second-order valence-corrected chi connectivity index (χ2v) is 5.93. The van der Waals surface area contributed by atoms with E-state index in [1.807, 2.05) is 19.0 Å². The van der Waals surface area contributed by atoms with Crippen molar-refractivity contribution in [3.05, 3.63) is 0 Å². The molecule has 0 aromatic carbocycles. The SMILES string of the molecule is C[C@@H](NC(=O)CN(C)C)[C@@H]1C[C@@H]2CC[C@@H]1C2. The molecule has 2 rings (SSSR count). The standard InChI is InChI=1S/C13H24N2O/c1-9(14-13(16)8-15(2)3)12-7-10-4-5-11(12)6-10/h9-12H,4-8H2,1-3H3,(H,14,16)/t9-,10-,11-,12+/m1/s1. The molecule has 3 heteroatoms. The minimum atomic E-state index is 0.167. The maximum Gasteiger partial charge on any atom is 0.234 e. The molecule has 0 aromatic rings. The molecule has 0 aromatic heterocycles. The van der Waals surface area contributed by atoms with Crippen LogP contribution in [0.2, 0.25) is 0 Å². The van der Waals surface area contributed by atoms with Crippen molar-refractivity contribution in [3.8, 4) is 0 Å². The minimum Gasteiger partial charge on any atom is -0.352 e. The Morgan fingerprint density at radius 3 is 2.62 bits per heavy atom. The molecule has 0 aliphatic heterocycles. The lowest BCUT2D eigenvalue weighted by molar-refractivity contribution is -0.122. The first-order chi connectivity index (χ1) is 7.56. The third-order valence-electron chi connectivity index (χ3n) is 4.28. The van der Waals surface area contributed by atoms with Crippen LogP contribution in [0.15, 0.2) is 0 Å². The summed E-state index contributed by atoms with van der Waals surface area (Å²) in [6.07, 6.45) is 5.58. The molecule has 2 aliphatic carbocycles. The Kier molecular flexibility index (Phi) is 3.53. The number of hydrogen-bond acceptors (Lipinski definition) is 2. The molecule has 2 fully saturated rings. The Morgan fingerprint density at radius 2 is 2.12 bits per heavy atom. The van der Waals surface area contributed by atoms with E-state index in [2.05, 4.69) is 12.2 Å². The second kappa shape index (κ2) is 4.74. The van der Waals surface area contributed by atoms with Gasteiger partial charge in [-0.2, -0.15) is 0 Å². The summed E-state index contributed by atoms with van der Waals surface area (Å²) in [7, 11) is 3.86. The van der Waals surface area contributed by atoms with Gasteiger partial charge in [-0.3, -0.25) is 4.79 Å². The summed E-state index contributed by atoms with van der Waals surface area (Å²) in [5.41, 5.74) is 0. The van der Waals surface area contributed by atoms with Crippen molar-refractivity contribution in [2.24, 2.45) is 17.8 Å². The quantitative estimate of drug-likeness (QED) is 0.784. The van der Waals surface area contributed by atoms with Crippen molar-refractivity contribution < 1.29 is 4.79 Å². The van der Waals surface area contributed by atoms with E-state index in [0.717, 1.165) is 17.8 Å². The molecule has 2 saturated carbocycles. The average Bonchev–Trinajstić information content (AvgIpc) is 2.76. The van der Waals surface area contributed by atoms with Crippen molar-refractivity contribution in [1.82, 2.24) is 10.2 Å². The van der Waals surface area contributed by atoms with E-state index in [4.69, 9.17) is 0 Å². The summed E-state index contributed by atoms with van der Waals surface area (Å²) in [5, 5.41) is 3.16. The van der Waals surface area contributed by atoms with Crippen LogP contribution in [0.4, 0.5) is 0 Å². The molecule has 92 valence electrons. The summed E-state index contributed by atoms with van der Waals surface area (Å²) >= 11 is 0. The van der Waals surface area contributed by atoms with Gasteiger partial charge >= 0.3 is 0 Å². The lowest BCUT2D eigenvalue weighted by atomic mass is 9.84. The summed E-state index contributed by atoms with van der Waals surface area (Å²) in [6.45, 7) is 2.68. The van der Waals surface area contributed by atoms with Crippen LogP contribution in [0.5, 0.6) is 0 Å². The lowest BCUT2D eigenvalue weighted by Crippen LogP contribution is -2.43. The topological polar surface area (TPSA) is 32.3 Å². The van der Waals surface area contributed by atoms with Crippen LogP contribution in [0.25, 0.3) is 0 Å². The van der Waals surface area contributed by atoms with Gasteiger partial charge in [0.15, 0.2) is 0 Å². The summed E-state index contributed by atoms with van der Waals surface area (Å²) in [6, 6.07) is 0.364. The first-order valence-corrected chi connectivity index (χ1v) is 6.50. The van der Waals surface area contributed by atoms with Gasteiger partial charge in [0.1, 0.15) is 0 Å². The van der Waals surface area contributed by atoms with Crippen LogP contribution >= 0.6 is 0 Å². The molecular weight excluding hydrogens is 200 g/mol.